The molecule has 72 valence electrons. The summed E-state index contributed by atoms with van der Waals surface area (Å²) >= 11 is 12.1. The number of rotatable bonds is 2. The van der Waals surface area contributed by atoms with Crippen LogP contribution in [0.4, 0.5) is 0 Å². The topological polar surface area (TPSA) is 17.1 Å². The molecule has 0 bridgehead atoms. The molecular weight excluding hydrogens is 304 g/mol. The van der Waals surface area contributed by atoms with E-state index in [1.807, 2.05) is 10.8 Å². The lowest BCUT2D eigenvalue weighted by Gasteiger charge is -1.93. The largest absolute Gasteiger partial charge is 0.288 e. The maximum atomic E-state index is 11.8. The van der Waals surface area contributed by atoms with E-state index in [2.05, 4.69) is 15.9 Å². The molecule has 0 amide bonds. The first-order valence-electron chi connectivity index (χ1n) is 3.70. The maximum Gasteiger partial charge on any atom is 0.196 e. The van der Waals surface area contributed by atoms with Crippen molar-refractivity contribution in [1.82, 2.24) is 0 Å². The van der Waals surface area contributed by atoms with Gasteiger partial charge in [0, 0.05) is 10.9 Å². The van der Waals surface area contributed by atoms with Crippen LogP contribution in [0.2, 0.25) is 4.34 Å². The van der Waals surface area contributed by atoms with Crippen LogP contribution < -0.4 is 0 Å². The van der Waals surface area contributed by atoms with Crippen molar-refractivity contribution in [3.05, 3.63) is 42.1 Å². The van der Waals surface area contributed by atoms with E-state index in [-0.39, 0.29) is 5.78 Å². The summed E-state index contributed by atoms with van der Waals surface area (Å²) in [6, 6.07) is 3.56. The summed E-state index contributed by atoms with van der Waals surface area (Å²) in [5.74, 6) is -0.0156. The summed E-state index contributed by atoms with van der Waals surface area (Å²) in [6.07, 6.45) is 0. The fourth-order valence-corrected chi connectivity index (χ4v) is 3.09. The van der Waals surface area contributed by atoms with Crippen molar-refractivity contribution < 1.29 is 4.79 Å². The van der Waals surface area contributed by atoms with Gasteiger partial charge in [-0.25, -0.2) is 0 Å². The first-order chi connectivity index (χ1) is 6.68. The smallest absolute Gasteiger partial charge is 0.196 e. The molecule has 2 aromatic heterocycles. The quantitative estimate of drug-likeness (QED) is 0.749. The Bertz CT molecular complexity index is 475. The van der Waals surface area contributed by atoms with Gasteiger partial charge in [0.1, 0.15) is 4.34 Å². The summed E-state index contributed by atoms with van der Waals surface area (Å²) in [6.45, 7) is 0. The molecule has 0 atom stereocenters. The summed E-state index contributed by atoms with van der Waals surface area (Å²) in [5, 5.41) is 3.64. The second-order valence-electron chi connectivity index (χ2n) is 2.58. The zero-order valence-corrected chi connectivity index (χ0v) is 10.8. The van der Waals surface area contributed by atoms with Crippen LogP contribution >= 0.6 is 50.2 Å². The molecule has 1 nitrogen and oxygen atoms in total. The van der Waals surface area contributed by atoms with Gasteiger partial charge in [-0.2, -0.15) is 0 Å². The molecule has 14 heavy (non-hydrogen) atoms. The highest BCUT2D eigenvalue weighted by atomic mass is 79.9. The molecule has 5 heteroatoms. The van der Waals surface area contributed by atoms with Crippen LogP contribution in [0.1, 0.15) is 15.9 Å². The first-order valence-corrected chi connectivity index (χ1v) is 6.63. The van der Waals surface area contributed by atoms with Gasteiger partial charge in [-0.05, 0) is 33.4 Å². The second kappa shape index (κ2) is 4.14. The maximum absolute atomic E-state index is 11.8. The number of hydrogen-bond acceptors (Lipinski definition) is 3. The van der Waals surface area contributed by atoms with E-state index in [0.717, 1.165) is 3.79 Å². The van der Waals surface area contributed by atoms with Gasteiger partial charge in [-0.3, -0.25) is 4.79 Å². The molecule has 0 saturated carbocycles. The summed E-state index contributed by atoms with van der Waals surface area (Å²) in [5.41, 5.74) is 1.27. The van der Waals surface area contributed by atoms with Crippen molar-refractivity contribution in [2.24, 2.45) is 0 Å². The third-order valence-corrected chi connectivity index (χ3v) is 4.37. The van der Waals surface area contributed by atoms with Gasteiger partial charge in [0.15, 0.2) is 5.78 Å². The van der Waals surface area contributed by atoms with Gasteiger partial charge in [0.25, 0.3) is 0 Å². The van der Waals surface area contributed by atoms with Crippen molar-refractivity contribution in [3.8, 4) is 0 Å². The monoisotopic (exact) mass is 306 g/mol. The molecular formula is C9H4BrClOS2. The standard InChI is InChI=1S/C9H4BrClOS2/c10-7-3-5(4-14-7)8(12)6-1-2-13-9(6)11/h1-4H. The molecule has 0 saturated heterocycles. The van der Waals surface area contributed by atoms with Crippen molar-refractivity contribution in [3.63, 3.8) is 0 Å². The Hall–Kier alpha value is -0.160. The number of ketones is 1. The normalized spacial score (nSPS) is 10.4. The Morgan fingerprint density at radius 3 is 2.71 bits per heavy atom. The molecule has 2 aromatic rings. The molecule has 0 N–H and O–H groups in total. The Morgan fingerprint density at radius 2 is 2.21 bits per heavy atom. The van der Waals surface area contributed by atoms with E-state index in [1.54, 1.807) is 12.1 Å². The predicted molar refractivity (Wildman–Crippen MR) is 64.8 cm³/mol. The number of carbonyl (C=O) groups is 1. The number of carbonyl (C=O) groups excluding carboxylic acids is 1. The molecule has 0 aliphatic carbocycles. The van der Waals surface area contributed by atoms with Gasteiger partial charge in [0.05, 0.1) is 9.35 Å². The third kappa shape index (κ3) is 1.93. The van der Waals surface area contributed by atoms with Crippen LogP contribution in [0, 0.1) is 0 Å². The number of halogens is 2. The molecule has 0 spiro atoms. The SMILES string of the molecule is O=C(c1csc(Br)c1)c1ccsc1Cl. The van der Waals surface area contributed by atoms with Crippen LogP contribution in [-0.2, 0) is 0 Å². The molecule has 0 fully saturated rings. The van der Waals surface area contributed by atoms with E-state index in [4.69, 9.17) is 11.6 Å². The van der Waals surface area contributed by atoms with Crippen LogP contribution in [-0.4, -0.2) is 5.78 Å². The van der Waals surface area contributed by atoms with E-state index >= 15 is 0 Å². The molecule has 0 aliphatic heterocycles. The van der Waals surface area contributed by atoms with Gasteiger partial charge in [-0.15, -0.1) is 22.7 Å². The fraction of sp³-hybridized carbons (Fsp3) is 0. The van der Waals surface area contributed by atoms with E-state index in [0.29, 0.717) is 15.5 Å². The van der Waals surface area contributed by atoms with Crippen LogP contribution in [0.15, 0.2) is 26.7 Å². The van der Waals surface area contributed by atoms with Crippen LogP contribution in [0.3, 0.4) is 0 Å². The minimum Gasteiger partial charge on any atom is -0.288 e. The summed E-state index contributed by atoms with van der Waals surface area (Å²) in [4.78, 5) is 11.8. The molecule has 0 aromatic carbocycles. The lowest BCUT2D eigenvalue weighted by molar-refractivity contribution is 0.103. The van der Waals surface area contributed by atoms with Gasteiger partial charge < -0.3 is 0 Å². The van der Waals surface area contributed by atoms with Crippen molar-refractivity contribution in [1.29, 1.82) is 0 Å². The second-order valence-corrected chi connectivity index (χ2v) is 6.39. The van der Waals surface area contributed by atoms with E-state index in [1.165, 1.54) is 22.7 Å². The van der Waals surface area contributed by atoms with Crippen LogP contribution in [0.5, 0.6) is 0 Å². The number of thiophene rings is 2. The Balaban J connectivity index is 2.38. The van der Waals surface area contributed by atoms with Crippen molar-refractivity contribution in [2.45, 2.75) is 0 Å². The lowest BCUT2D eigenvalue weighted by Crippen LogP contribution is -1.97. The Kier molecular flexibility index (Phi) is 3.07. The van der Waals surface area contributed by atoms with Gasteiger partial charge in [0.2, 0.25) is 0 Å². The highest BCUT2D eigenvalue weighted by Gasteiger charge is 2.14. The fourth-order valence-electron chi connectivity index (χ4n) is 1.04. The van der Waals surface area contributed by atoms with Crippen molar-refractivity contribution in [2.75, 3.05) is 0 Å². The highest BCUT2D eigenvalue weighted by molar-refractivity contribution is 9.11. The highest BCUT2D eigenvalue weighted by Crippen LogP contribution is 2.28. The van der Waals surface area contributed by atoms with Crippen LogP contribution in [0.25, 0.3) is 0 Å². The Morgan fingerprint density at radius 1 is 1.43 bits per heavy atom. The first kappa shape index (κ1) is 10.4. The molecule has 2 heterocycles. The summed E-state index contributed by atoms with van der Waals surface area (Å²) < 4.78 is 1.50. The zero-order chi connectivity index (χ0) is 10.1. The van der Waals surface area contributed by atoms with Gasteiger partial charge in [-0.1, -0.05) is 11.6 Å². The average molecular weight is 308 g/mol. The average Bonchev–Trinajstić information content (AvgIpc) is 2.73. The lowest BCUT2D eigenvalue weighted by atomic mass is 10.1. The zero-order valence-electron chi connectivity index (χ0n) is 6.79. The van der Waals surface area contributed by atoms with Gasteiger partial charge >= 0.3 is 0 Å². The predicted octanol–water partition coefficient (Wildman–Crippen LogP) is 4.46. The molecule has 0 unspecified atom stereocenters. The molecule has 2 rings (SSSR count). The minimum absolute atomic E-state index is 0.0156. The third-order valence-electron chi connectivity index (χ3n) is 1.69. The molecule has 0 radical (unpaired) electrons. The summed E-state index contributed by atoms with van der Waals surface area (Å²) in [7, 11) is 0. The minimum atomic E-state index is -0.0156. The van der Waals surface area contributed by atoms with Crippen molar-refractivity contribution >= 4 is 56.0 Å². The number of hydrogen-bond donors (Lipinski definition) is 0. The molecule has 0 aliphatic rings. The van der Waals surface area contributed by atoms with E-state index < -0.39 is 0 Å². The van der Waals surface area contributed by atoms with E-state index in [9.17, 15) is 4.79 Å². The Labute approximate surface area is 102 Å².